The smallest absolute Gasteiger partial charge is 0.145 e. The first-order valence-corrected chi connectivity index (χ1v) is 4.32. The molecule has 1 heterocycles. The molecule has 12 heavy (non-hydrogen) atoms. The maximum Gasteiger partial charge on any atom is 0.145 e. The molecule has 0 spiro atoms. The maximum absolute atomic E-state index is 7.68. The minimum atomic E-state index is -0.288. The Morgan fingerprint density at radius 3 is 2.92 bits per heavy atom. The van der Waals surface area contributed by atoms with Crippen molar-refractivity contribution in [3.8, 4) is 5.75 Å². The van der Waals surface area contributed by atoms with Crippen molar-refractivity contribution in [2.24, 2.45) is 0 Å². The molecule has 3 heteroatoms. The number of benzene rings is 1. The Labute approximate surface area is 85.2 Å². The molecule has 1 saturated heterocycles. The summed E-state index contributed by atoms with van der Waals surface area (Å²) in [7, 11) is 0. The van der Waals surface area contributed by atoms with Gasteiger partial charge in [-0.2, -0.15) is 0 Å². The highest BCUT2D eigenvalue weighted by atomic mass is 79.9. The molecule has 0 aromatic heterocycles. The lowest BCUT2D eigenvalue weighted by Gasteiger charge is -2.27. The van der Waals surface area contributed by atoms with E-state index in [0.717, 1.165) is 0 Å². The quantitative estimate of drug-likeness (QED) is 0.779. The number of rotatable bonds is 2. The SMILES string of the molecule is [2H]c1c([2H])c([2H])c(OC2COC2)c(Br)c1[2H]. The molecule has 2 nitrogen and oxygen atoms in total. The fraction of sp³-hybridized carbons (Fsp3) is 0.333. The summed E-state index contributed by atoms with van der Waals surface area (Å²) in [4.78, 5) is 0. The molecule has 0 aliphatic carbocycles. The van der Waals surface area contributed by atoms with Gasteiger partial charge in [-0.25, -0.2) is 0 Å². The van der Waals surface area contributed by atoms with E-state index in [1.54, 1.807) is 0 Å². The van der Waals surface area contributed by atoms with Gasteiger partial charge in [0.15, 0.2) is 0 Å². The fourth-order valence-corrected chi connectivity index (χ4v) is 1.11. The number of para-hydroxylation sites is 1. The molecule has 0 bridgehead atoms. The second-order valence-electron chi connectivity index (χ2n) is 2.42. The minimum absolute atomic E-state index is 0.128. The zero-order valence-corrected chi connectivity index (χ0v) is 7.77. The second-order valence-corrected chi connectivity index (χ2v) is 3.21. The van der Waals surface area contributed by atoms with E-state index in [1.165, 1.54) is 0 Å². The molecule has 0 saturated carbocycles. The first-order valence-electron chi connectivity index (χ1n) is 5.52. The lowest BCUT2D eigenvalue weighted by Crippen LogP contribution is -2.38. The average Bonchev–Trinajstić information content (AvgIpc) is 2.21. The lowest BCUT2D eigenvalue weighted by molar-refractivity contribution is -0.0799. The van der Waals surface area contributed by atoms with Crippen LogP contribution in [0, 0.1) is 0 Å². The molecular formula is C9H9BrO2. The normalized spacial score (nSPS) is 21.8. The molecule has 1 aromatic rings. The summed E-state index contributed by atoms with van der Waals surface area (Å²) >= 11 is 3.12. The van der Waals surface area contributed by atoms with Crippen LogP contribution in [0.5, 0.6) is 5.75 Å². The van der Waals surface area contributed by atoms with Gasteiger partial charge in [0.1, 0.15) is 11.9 Å². The monoisotopic (exact) mass is 232 g/mol. The third-order valence-electron chi connectivity index (χ3n) is 1.50. The molecule has 1 aliphatic heterocycles. The summed E-state index contributed by atoms with van der Waals surface area (Å²) in [5.74, 6) is 0.152. The minimum Gasteiger partial charge on any atom is -0.484 e. The fourth-order valence-electron chi connectivity index (χ4n) is 0.816. The Balaban J connectivity index is 2.42. The van der Waals surface area contributed by atoms with Gasteiger partial charge in [0.25, 0.3) is 0 Å². The average molecular weight is 233 g/mol. The van der Waals surface area contributed by atoms with E-state index in [0.29, 0.717) is 13.2 Å². The molecular weight excluding hydrogens is 220 g/mol. The Hall–Kier alpha value is -0.540. The van der Waals surface area contributed by atoms with Crippen molar-refractivity contribution in [1.82, 2.24) is 0 Å². The van der Waals surface area contributed by atoms with Gasteiger partial charge in [0.05, 0.1) is 23.2 Å². The van der Waals surface area contributed by atoms with Crippen LogP contribution in [-0.2, 0) is 4.74 Å². The molecule has 2 rings (SSSR count). The van der Waals surface area contributed by atoms with E-state index >= 15 is 0 Å². The predicted molar refractivity (Wildman–Crippen MR) is 49.4 cm³/mol. The zero-order chi connectivity index (χ0) is 11.9. The first-order chi connectivity index (χ1) is 7.52. The second kappa shape index (κ2) is 3.46. The van der Waals surface area contributed by atoms with E-state index in [4.69, 9.17) is 15.0 Å². The Kier molecular flexibility index (Phi) is 1.33. The maximum atomic E-state index is 7.68. The molecule has 0 unspecified atom stereocenters. The summed E-state index contributed by atoms with van der Waals surface area (Å²) < 4.78 is 40.9. The van der Waals surface area contributed by atoms with E-state index in [1.807, 2.05) is 0 Å². The highest BCUT2D eigenvalue weighted by molar-refractivity contribution is 9.10. The highest BCUT2D eigenvalue weighted by Crippen LogP contribution is 2.25. The Bertz CT molecular complexity index is 405. The van der Waals surface area contributed by atoms with Gasteiger partial charge in [-0.05, 0) is 28.0 Å². The summed E-state index contributed by atoms with van der Waals surface area (Å²) in [5.41, 5.74) is 0. The summed E-state index contributed by atoms with van der Waals surface area (Å²) in [6, 6.07) is -0.853. The van der Waals surface area contributed by atoms with Crippen LogP contribution >= 0.6 is 15.9 Å². The molecule has 64 valence electrons. The Morgan fingerprint density at radius 2 is 2.25 bits per heavy atom. The number of ether oxygens (including phenoxy) is 2. The van der Waals surface area contributed by atoms with Gasteiger partial charge in [-0.1, -0.05) is 12.1 Å². The number of halogens is 1. The van der Waals surface area contributed by atoms with Gasteiger partial charge in [0.2, 0.25) is 0 Å². The molecule has 0 atom stereocenters. The highest BCUT2D eigenvalue weighted by Gasteiger charge is 2.20. The van der Waals surface area contributed by atoms with Crippen LogP contribution in [0.1, 0.15) is 5.48 Å². The topological polar surface area (TPSA) is 18.5 Å². The molecule has 1 aliphatic rings. The van der Waals surface area contributed by atoms with E-state index in [-0.39, 0.29) is 40.5 Å². The van der Waals surface area contributed by atoms with Gasteiger partial charge in [0, 0.05) is 0 Å². The summed E-state index contributed by atoms with van der Waals surface area (Å²) in [5, 5.41) is 0. The van der Waals surface area contributed by atoms with Crippen molar-refractivity contribution in [3.05, 3.63) is 28.6 Å². The third kappa shape index (κ3) is 1.62. The predicted octanol–water partition coefficient (Wildman–Crippen LogP) is 2.23. The van der Waals surface area contributed by atoms with Crippen molar-refractivity contribution >= 4 is 15.9 Å². The van der Waals surface area contributed by atoms with Crippen molar-refractivity contribution in [3.63, 3.8) is 0 Å². The molecule has 0 amide bonds. The van der Waals surface area contributed by atoms with Crippen LogP contribution in [0.2, 0.25) is 0 Å². The first kappa shape index (κ1) is 4.63. The summed E-state index contributed by atoms with van der Waals surface area (Å²) in [6.07, 6.45) is -0.129. The van der Waals surface area contributed by atoms with Crippen LogP contribution in [0.4, 0.5) is 0 Å². The molecule has 1 fully saturated rings. The molecule has 1 aromatic carbocycles. The van der Waals surface area contributed by atoms with Crippen LogP contribution < -0.4 is 4.74 Å². The molecule has 0 radical (unpaired) electrons. The van der Waals surface area contributed by atoms with Crippen LogP contribution in [0.3, 0.4) is 0 Å². The van der Waals surface area contributed by atoms with E-state index in [2.05, 4.69) is 15.9 Å². The third-order valence-corrected chi connectivity index (χ3v) is 2.06. The zero-order valence-electron chi connectivity index (χ0n) is 10.2. The van der Waals surface area contributed by atoms with Crippen molar-refractivity contribution < 1.29 is 15.0 Å². The van der Waals surface area contributed by atoms with E-state index < -0.39 is 0 Å². The van der Waals surface area contributed by atoms with Crippen molar-refractivity contribution in [2.75, 3.05) is 13.2 Å². The lowest BCUT2D eigenvalue weighted by atomic mass is 10.3. The molecule has 0 N–H and O–H groups in total. The van der Waals surface area contributed by atoms with E-state index in [9.17, 15) is 0 Å². The van der Waals surface area contributed by atoms with Gasteiger partial charge in [-0.3, -0.25) is 0 Å². The van der Waals surface area contributed by atoms with Crippen molar-refractivity contribution in [2.45, 2.75) is 6.10 Å². The Morgan fingerprint density at radius 1 is 1.50 bits per heavy atom. The number of hydrogen-bond acceptors (Lipinski definition) is 2. The largest absolute Gasteiger partial charge is 0.484 e. The van der Waals surface area contributed by atoms with Crippen LogP contribution in [0.25, 0.3) is 0 Å². The standard InChI is InChI=1S/C9H9BrO2/c10-8-3-1-2-4-9(8)12-7-5-11-6-7/h1-4,7H,5-6H2/i1D,2D,3D,4D. The summed E-state index contributed by atoms with van der Waals surface area (Å²) in [6.45, 7) is 0.907. The van der Waals surface area contributed by atoms with Crippen LogP contribution in [-0.4, -0.2) is 19.3 Å². The van der Waals surface area contributed by atoms with Gasteiger partial charge < -0.3 is 9.47 Å². The number of hydrogen-bond donors (Lipinski definition) is 0. The van der Waals surface area contributed by atoms with Crippen molar-refractivity contribution in [1.29, 1.82) is 0 Å². The van der Waals surface area contributed by atoms with Crippen LogP contribution in [0.15, 0.2) is 28.6 Å². The van der Waals surface area contributed by atoms with Gasteiger partial charge >= 0.3 is 0 Å². The van der Waals surface area contributed by atoms with Gasteiger partial charge in [-0.15, -0.1) is 0 Å².